The lowest BCUT2D eigenvalue weighted by atomic mass is 9.93. The van der Waals surface area contributed by atoms with E-state index < -0.39 is 9.84 Å². The lowest BCUT2D eigenvalue weighted by Gasteiger charge is -2.23. The van der Waals surface area contributed by atoms with Gasteiger partial charge in [-0.1, -0.05) is 13.3 Å². The van der Waals surface area contributed by atoms with Crippen molar-refractivity contribution in [1.29, 1.82) is 0 Å². The Balaban J connectivity index is 1.43. The van der Waals surface area contributed by atoms with E-state index in [1.54, 1.807) is 6.20 Å². The average molecular weight is 418 g/mol. The molecule has 9 heteroatoms. The van der Waals surface area contributed by atoms with Crippen LogP contribution in [0.4, 0.5) is 0 Å². The van der Waals surface area contributed by atoms with Crippen LogP contribution in [0.15, 0.2) is 18.5 Å². The molecule has 0 radical (unpaired) electrons. The molecule has 8 nitrogen and oxygen atoms in total. The Labute approximate surface area is 170 Å². The second kappa shape index (κ2) is 7.36. The van der Waals surface area contributed by atoms with Crippen molar-refractivity contribution in [1.82, 2.24) is 24.6 Å². The van der Waals surface area contributed by atoms with Crippen LogP contribution in [0, 0.1) is 11.8 Å². The quantitative estimate of drug-likeness (QED) is 0.685. The predicted molar refractivity (Wildman–Crippen MR) is 110 cm³/mol. The molecule has 1 saturated carbocycles. The van der Waals surface area contributed by atoms with E-state index in [-0.39, 0.29) is 22.8 Å². The van der Waals surface area contributed by atoms with E-state index in [1.807, 2.05) is 12.3 Å². The van der Waals surface area contributed by atoms with E-state index in [2.05, 4.69) is 31.5 Å². The molecule has 3 aromatic heterocycles. The standard InChI is InChI=1S/C20H27N5O3S/c1-2-14-9-13(12-29(26,27)15-4-7-28-8-5-15)10-16(14)20-24-23-18-11-22-19-17(25(18)20)3-6-21-19/h3,6,11,13-16,21H,2,4-5,7-10,12H2,1H3/t13-,14+,16-/m0/s1. The van der Waals surface area contributed by atoms with Crippen molar-refractivity contribution >= 4 is 26.6 Å². The summed E-state index contributed by atoms with van der Waals surface area (Å²) in [5.74, 6) is 2.02. The van der Waals surface area contributed by atoms with E-state index in [0.717, 1.165) is 41.9 Å². The molecule has 1 aliphatic carbocycles. The summed E-state index contributed by atoms with van der Waals surface area (Å²) in [5.41, 5.74) is 2.51. The molecule has 4 heterocycles. The molecule has 3 aromatic rings. The smallest absolute Gasteiger partial charge is 0.179 e. The lowest BCUT2D eigenvalue weighted by Crippen LogP contribution is -2.32. The number of aromatic nitrogens is 5. The Kier molecular flexibility index (Phi) is 4.82. The monoisotopic (exact) mass is 417 g/mol. The Morgan fingerprint density at radius 2 is 2.07 bits per heavy atom. The predicted octanol–water partition coefficient (Wildman–Crippen LogP) is 2.72. The first-order valence-corrected chi connectivity index (χ1v) is 12.2. The molecule has 29 heavy (non-hydrogen) atoms. The SMILES string of the molecule is CC[C@@H]1C[C@H](CS(=O)(=O)C2CCOCC2)C[C@@H]1c1nnc2cnc3[nH]ccc3n12. The van der Waals surface area contributed by atoms with Crippen LogP contribution < -0.4 is 0 Å². The zero-order valence-corrected chi connectivity index (χ0v) is 17.4. The minimum atomic E-state index is -3.10. The van der Waals surface area contributed by atoms with Gasteiger partial charge >= 0.3 is 0 Å². The van der Waals surface area contributed by atoms with Crippen molar-refractivity contribution in [2.75, 3.05) is 19.0 Å². The molecule has 1 saturated heterocycles. The molecule has 0 bridgehead atoms. The van der Waals surface area contributed by atoms with Gasteiger partial charge in [-0.2, -0.15) is 0 Å². The maximum absolute atomic E-state index is 13.0. The molecule has 0 aromatic carbocycles. The van der Waals surface area contributed by atoms with Gasteiger partial charge < -0.3 is 9.72 Å². The van der Waals surface area contributed by atoms with Crippen molar-refractivity contribution in [2.24, 2.45) is 11.8 Å². The third kappa shape index (κ3) is 3.34. The highest BCUT2D eigenvalue weighted by Crippen LogP contribution is 2.45. The third-order valence-corrected chi connectivity index (χ3v) is 9.18. The highest BCUT2D eigenvalue weighted by atomic mass is 32.2. The van der Waals surface area contributed by atoms with Crippen molar-refractivity contribution in [3.63, 3.8) is 0 Å². The molecule has 2 aliphatic rings. The Bertz CT molecular complexity index is 1120. The minimum absolute atomic E-state index is 0.175. The van der Waals surface area contributed by atoms with E-state index >= 15 is 0 Å². The molecule has 0 unspecified atom stereocenters. The fourth-order valence-electron chi connectivity index (χ4n) is 5.28. The summed E-state index contributed by atoms with van der Waals surface area (Å²) in [7, 11) is -3.10. The summed E-state index contributed by atoms with van der Waals surface area (Å²) in [6.45, 7) is 3.30. The number of aromatic amines is 1. The van der Waals surface area contributed by atoms with Crippen LogP contribution in [0.25, 0.3) is 16.8 Å². The molecule has 1 N–H and O–H groups in total. The van der Waals surface area contributed by atoms with E-state index in [1.165, 1.54) is 0 Å². The molecule has 0 amide bonds. The number of nitrogens with zero attached hydrogens (tertiary/aromatic N) is 4. The molecular weight excluding hydrogens is 390 g/mol. The summed E-state index contributed by atoms with van der Waals surface area (Å²) < 4.78 is 33.4. The average Bonchev–Trinajstić information content (AvgIpc) is 3.44. The van der Waals surface area contributed by atoms with Gasteiger partial charge in [0.05, 0.1) is 22.7 Å². The zero-order valence-electron chi connectivity index (χ0n) is 16.6. The van der Waals surface area contributed by atoms with Gasteiger partial charge in [0.2, 0.25) is 0 Å². The van der Waals surface area contributed by atoms with Crippen molar-refractivity contribution in [3.05, 3.63) is 24.3 Å². The largest absolute Gasteiger partial charge is 0.381 e. The van der Waals surface area contributed by atoms with Gasteiger partial charge in [0, 0.05) is 25.3 Å². The minimum Gasteiger partial charge on any atom is -0.381 e. The third-order valence-electron chi connectivity index (χ3n) is 6.76. The summed E-state index contributed by atoms with van der Waals surface area (Å²) in [4.78, 5) is 7.54. The normalized spacial score (nSPS) is 26.6. The topological polar surface area (TPSA) is 102 Å². The first-order chi connectivity index (χ1) is 14.1. The second-order valence-electron chi connectivity index (χ2n) is 8.48. The Morgan fingerprint density at radius 3 is 2.86 bits per heavy atom. The number of rotatable bonds is 5. The maximum atomic E-state index is 13.0. The van der Waals surface area contributed by atoms with Crippen LogP contribution in [-0.4, -0.2) is 57.2 Å². The number of hydrogen-bond acceptors (Lipinski definition) is 6. The van der Waals surface area contributed by atoms with Gasteiger partial charge in [-0.05, 0) is 43.6 Å². The van der Waals surface area contributed by atoms with E-state index in [9.17, 15) is 8.42 Å². The van der Waals surface area contributed by atoms with Crippen molar-refractivity contribution in [3.8, 4) is 0 Å². The fourth-order valence-corrected chi connectivity index (χ4v) is 7.39. The van der Waals surface area contributed by atoms with E-state index in [4.69, 9.17) is 4.74 Å². The van der Waals surface area contributed by atoms with Crippen LogP contribution in [0.3, 0.4) is 0 Å². The van der Waals surface area contributed by atoms with Gasteiger partial charge in [0.25, 0.3) is 0 Å². The molecule has 3 atom stereocenters. The molecule has 156 valence electrons. The molecule has 1 aliphatic heterocycles. The fraction of sp³-hybridized carbons (Fsp3) is 0.650. The van der Waals surface area contributed by atoms with Crippen LogP contribution >= 0.6 is 0 Å². The van der Waals surface area contributed by atoms with Crippen LogP contribution in [0.1, 0.15) is 50.8 Å². The molecule has 5 rings (SSSR count). The summed E-state index contributed by atoms with van der Waals surface area (Å²) in [6.07, 6.45) is 7.64. The second-order valence-corrected chi connectivity index (χ2v) is 10.8. The van der Waals surface area contributed by atoms with Gasteiger partial charge in [-0.25, -0.2) is 13.4 Å². The van der Waals surface area contributed by atoms with Crippen LogP contribution in [0.5, 0.6) is 0 Å². The number of H-pyrrole nitrogens is 1. The Morgan fingerprint density at radius 1 is 1.24 bits per heavy atom. The van der Waals surface area contributed by atoms with Crippen LogP contribution in [-0.2, 0) is 14.6 Å². The molecule has 2 fully saturated rings. The first-order valence-electron chi connectivity index (χ1n) is 10.5. The van der Waals surface area contributed by atoms with Gasteiger partial charge in [-0.3, -0.25) is 4.40 Å². The highest BCUT2D eigenvalue weighted by Gasteiger charge is 2.40. The lowest BCUT2D eigenvalue weighted by molar-refractivity contribution is 0.0983. The number of sulfone groups is 1. The highest BCUT2D eigenvalue weighted by molar-refractivity contribution is 7.92. The Hall–Kier alpha value is -2.00. The number of hydrogen-bond donors (Lipinski definition) is 1. The van der Waals surface area contributed by atoms with E-state index in [0.29, 0.717) is 32.0 Å². The summed E-state index contributed by atoms with van der Waals surface area (Å²) >= 11 is 0. The van der Waals surface area contributed by atoms with Crippen molar-refractivity contribution in [2.45, 2.75) is 50.2 Å². The van der Waals surface area contributed by atoms with Gasteiger partial charge in [0.1, 0.15) is 5.82 Å². The van der Waals surface area contributed by atoms with Gasteiger partial charge in [0.15, 0.2) is 21.1 Å². The van der Waals surface area contributed by atoms with Crippen LogP contribution in [0.2, 0.25) is 0 Å². The number of nitrogens with one attached hydrogen (secondary N) is 1. The number of fused-ring (bicyclic) bond motifs is 3. The van der Waals surface area contributed by atoms with Gasteiger partial charge in [-0.15, -0.1) is 10.2 Å². The molecule has 0 spiro atoms. The first kappa shape index (κ1) is 19.0. The number of ether oxygens (including phenoxy) is 1. The zero-order chi connectivity index (χ0) is 20.0. The maximum Gasteiger partial charge on any atom is 0.179 e. The summed E-state index contributed by atoms with van der Waals surface area (Å²) in [5, 5.41) is 8.62. The van der Waals surface area contributed by atoms with Crippen molar-refractivity contribution < 1.29 is 13.2 Å². The summed E-state index contributed by atoms with van der Waals surface area (Å²) in [6, 6.07) is 1.99. The molecular formula is C20H27N5O3S.